The van der Waals surface area contributed by atoms with Crippen molar-refractivity contribution in [2.45, 2.75) is 38.5 Å². The van der Waals surface area contributed by atoms with E-state index in [0.717, 1.165) is 24.3 Å². The summed E-state index contributed by atoms with van der Waals surface area (Å²) >= 11 is 4.29. The maximum absolute atomic E-state index is 11.0. The van der Waals surface area contributed by atoms with Crippen molar-refractivity contribution in [3.8, 4) is 5.75 Å². The normalized spacial score (nSPS) is 12.0. The molecule has 0 aromatic heterocycles. The van der Waals surface area contributed by atoms with Gasteiger partial charge in [0.25, 0.3) is 0 Å². The lowest BCUT2D eigenvalue weighted by Crippen LogP contribution is -2.09. The molecule has 21 heavy (non-hydrogen) atoms. The summed E-state index contributed by atoms with van der Waals surface area (Å²) in [6.45, 7) is 5.29. The second kappa shape index (κ2) is 10.5. The molecule has 0 fully saturated rings. The molecule has 0 aliphatic rings. The number of Topliss-reactive ketones (excluding diaryl/α,β-unsaturated/α-hetero) is 1. The fourth-order valence-electron chi connectivity index (χ4n) is 1.70. The van der Waals surface area contributed by atoms with Crippen LogP contribution in [0.5, 0.6) is 5.75 Å². The van der Waals surface area contributed by atoms with Gasteiger partial charge < -0.3 is 14.8 Å². The number of ketones is 1. The first-order chi connectivity index (χ1) is 10.1. The SMILES string of the molecule is CCC(=O)COCCCCOc1cccc(NC(C)S)c1. The Hall–Kier alpha value is -1.20. The molecule has 1 atom stereocenters. The van der Waals surface area contributed by atoms with E-state index in [1.165, 1.54) is 0 Å². The van der Waals surface area contributed by atoms with E-state index in [1.54, 1.807) is 0 Å². The highest BCUT2D eigenvalue weighted by molar-refractivity contribution is 7.81. The van der Waals surface area contributed by atoms with Crippen molar-refractivity contribution in [2.75, 3.05) is 25.1 Å². The van der Waals surface area contributed by atoms with Gasteiger partial charge in [-0.1, -0.05) is 13.0 Å². The van der Waals surface area contributed by atoms with Crippen LogP contribution in [0, 0.1) is 0 Å². The predicted octanol–water partition coefficient (Wildman–Crippen LogP) is 3.53. The van der Waals surface area contributed by atoms with E-state index >= 15 is 0 Å². The first-order valence-corrected chi connectivity index (χ1v) is 7.90. The summed E-state index contributed by atoms with van der Waals surface area (Å²) in [5.41, 5.74) is 0.997. The average molecular weight is 311 g/mol. The van der Waals surface area contributed by atoms with Gasteiger partial charge in [0.05, 0.1) is 12.0 Å². The van der Waals surface area contributed by atoms with Crippen LogP contribution in [0.4, 0.5) is 5.69 Å². The first-order valence-electron chi connectivity index (χ1n) is 7.38. The second-order valence-corrected chi connectivity index (χ2v) is 5.62. The van der Waals surface area contributed by atoms with Crippen molar-refractivity contribution >= 4 is 24.1 Å². The number of carbonyl (C=O) groups is 1. The van der Waals surface area contributed by atoms with Crippen LogP contribution in [0.25, 0.3) is 0 Å². The van der Waals surface area contributed by atoms with Crippen molar-refractivity contribution in [1.82, 2.24) is 0 Å². The second-order valence-electron chi connectivity index (χ2n) is 4.85. The lowest BCUT2D eigenvalue weighted by Gasteiger charge is -2.11. The molecule has 0 bridgehead atoms. The maximum atomic E-state index is 11.0. The quantitative estimate of drug-likeness (QED) is 0.373. The molecule has 0 aliphatic carbocycles. The number of carbonyl (C=O) groups excluding carboxylic acids is 1. The Bertz CT molecular complexity index is 424. The summed E-state index contributed by atoms with van der Waals surface area (Å²) in [4.78, 5) is 11.0. The Balaban J connectivity index is 2.14. The molecule has 118 valence electrons. The van der Waals surface area contributed by atoms with Crippen molar-refractivity contribution in [3.05, 3.63) is 24.3 Å². The van der Waals surface area contributed by atoms with Gasteiger partial charge >= 0.3 is 0 Å². The van der Waals surface area contributed by atoms with Gasteiger partial charge in [0, 0.05) is 24.8 Å². The molecule has 0 saturated carbocycles. The van der Waals surface area contributed by atoms with E-state index in [-0.39, 0.29) is 17.8 Å². The Labute approximate surface area is 132 Å². The number of unbranched alkanes of at least 4 members (excludes halogenated alkanes) is 1. The number of rotatable bonds is 11. The standard InChI is InChI=1S/C16H25NO3S/c1-3-15(18)12-19-9-4-5-10-20-16-8-6-7-14(11-16)17-13(2)21/h6-8,11,13,17,21H,3-5,9-10,12H2,1-2H3. The summed E-state index contributed by atoms with van der Waals surface area (Å²) in [6, 6.07) is 7.83. The van der Waals surface area contributed by atoms with E-state index < -0.39 is 0 Å². The van der Waals surface area contributed by atoms with Crippen LogP contribution in [-0.4, -0.2) is 31.0 Å². The minimum Gasteiger partial charge on any atom is -0.494 e. The Morgan fingerprint density at radius 2 is 2.10 bits per heavy atom. The van der Waals surface area contributed by atoms with Crippen LogP contribution in [0.3, 0.4) is 0 Å². The van der Waals surface area contributed by atoms with Gasteiger partial charge in [-0.3, -0.25) is 4.79 Å². The highest BCUT2D eigenvalue weighted by Crippen LogP contribution is 2.18. The number of anilines is 1. The Morgan fingerprint density at radius 3 is 2.81 bits per heavy atom. The van der Waals surface area contributed by atoms with Crippen LogP contribution < -0.4 is 10.1 Å². The van der Waals surface area contributed by atoms with Gasteiger partial charge in [0.2, 0.25) is 0 Å². The smallest absolute Gasteiger partial charge is 0.158 e. The highest BCUT2D eigenvalue weighted by Gasteiger charge is 2.00. The Kier molecular flexibility index (Phi) is 8.94. The molecule has 0 saturated heterocycles. The number of hydrogen-bond acceptors (Lipinski definition) is 5. The molecule has 5 heteroatoms. The molecule has 0 spiro atoms. The monoisotopic (exact) mass is 311 g/mol. The van der Waals surface area contributed by atoms with E-state index in [1.807, 2.05) is 38.1 Å². The predicted molar refractivity (Wildman–Crippen MR) is 89.4 cm³/mol. The summed E-state index contributed by atoms with van der Waals surface area (Å²) in [7, 11) is 0. The molecular formula is C16H25NO3S. The molecule has 1 aromatic carbocycles. The van der Waals surface area contributed by atoms with Gasteiger partial charge in [0.1, 0.15) is 12.4 Å². The van der Waals surface area contributed by atoms with E-state index in [9.17, 15) is 4.79 Å². The summed E-state index contributed by atoms with van der Waals surface area (Å²) in [6.07, 6.45) is 2.34. The summed E-state index contributed by atoms with van der Waals surface area (Å²) < 4.78 is 11.0. The van der Waals surface area contributed by atoms with E-state index in [4.69, 9.17) is 9.47 Å². The van der Waals surface area contributed by atoms with Crippen molar-refractivity contribution in [1.29, 1.82) is 0 Å². The summed E-state index contributed by atoms with van der Waals surface area (Å²) in [5.74, 6) is 0.991. The molecule has 0 heterocycles. The number of hydrogen-bond donors (Lipinski definition) is 2. The van der Waals surface area contributed by atoms with Crippen molar-refractivity contribution in [2.24, 2.45) is 0 Å². The number of nitrogens with one attached hydrogen (secondary N) is 1. The highest BCUT2D eigenvalue weighted by atomic mass is 32.1. The van der Waals surface area contributed by atoms with Gasteiger partial charge in [-0.2, -0.15) is 12.6 Å². The molecule has 1 aromatic rings. The fourth-order valence-corrected chi connectivity index (χ4v) is 1.85. The molecule has 4 nitrogen and oxygen atoms in total. The van der Waals surface area contributed by atoms with Gasteiger partial charge in [-0.25, -0.2) is 0 Å². The van der Waals surface area contributed by atoms with Gasteiger partial charge in [-0.05, 0) is 31.9 Å². The molecule has 0 aliphatic heterocycles. The van der Waals surface area contributed by atoms with E-state index in [0.29, 0.717) is 19.6 Å². The van der Waals surface area contributed by atoms with Crippen LogP contribution in [0.1, 0.15) is 33.1 Å². The van der Waals surface area contributed by atoms with Crippen LogP contribution in [0.2, 0.25) is 0 Å². The lowest BCUT2D eigenvalue weighted by atomic mass is 10.3. The average Bonchev–Trinajstić information content (AvgIpc) is 2.45. The minimum absolute atomic E-state index is 0.100. The number of ether oxygens (including phenoxy) is 2. The van der Waals surface area contributed by atoms with Gasteiger partial charge in [0.15, 0.2) is 5.78 Å². The third kappa shape index (κ3) is 8.63. The van der Waals surface area contributed by atoms with E-state index in [2.05, 4.69) is 17.9 Å². The largest absolute Gasteiger partial charge is 0.494 e. The molecule has 1 rings (SSSR count). The zero-order chi connectivity index (χ0) is 15.5. The van der Waals surface area contributed by atoms with Crippen molar-refractivity contribution in [3.63, 3.8) is 0 Å². The minimum atomic E-state index is 0.100. The first kappa shape index (κ1) is 17.9. The molecular weight excluding hydrogens is 286 g/mol. The number of benzene rings is 1. The van der Waals surface area contributed by atoms with Crippen molar-refractivity contribution < 1.29 is 14.3 Å². The van der Waals surface area contributed by atoms with Crippen LogP contribution >= 0.6 is 12.6 Å². The third-order valence-electron chi connectivity index (χ3n) is 2.82. The molecule has 0 amide bonds. The molecule has 1 N–H and O–H groups in total. The zero-order valence-corrected chi connectivity index (χ0v) is 13.7. The zero-order valence-electron chi connectivity index (χ0n) is 12.8. The molecule has 1 unspecified atom stereocenters. The van der Waals surface area contributed by atoms with Crippen LogP contribution in [-0.2, 0) is 9.53 Å². The van der Waals surface area contributed by atoms with Crippen LogP contribution in [0.15, 0.2) is 24.3 Å². The maximum Gasteiger partial charge on any atom is 0.158 e. The van der Waals surface area contributed by atoms with Gasteiger partial charge in [-0.15, -0.1) is 0 Å². The fraction of sp³-hybridized carbons (Fsp3) is 0.562. The molecule has 0 radical (unpaired) electrons. The topological polar surface area (TPSA) is 47.6 Å². The lowest BCUT2D eigenvalue weighted by molar-refractivity contribution is -0.123. The summed E-state index contributed by atoms with van der Waals surface area (Å²) in [5, 5.41) is 3.31. The number of thiol groups is 1. The Morgan fingerprint density at radius 1 is 1.33 bits per heavy atom. The third-order valence-corrected chi connectivity index (χ3v) is 2.95.